The van der Waals surface area contributed by atoms with E-state index in [9.17, 15) is 9.59 Å². The number of carbonyl (C=O) groups is 1. The smallest absolute Gasteiger partial charge is 0.255 e. The highest BCUT2D eigenvalue weighted by molar-refractivity contribution is 5.98. The number of amides is 1. The lowest BCUT2D eigenvalue weighted by atomic mass is 10.0. The van der Waals surface area contributed by atoms with Crippen LogP contribution in [0.2, 0.25) is 0 Å². The number of pyridine rings is 1. The fourth-order valence-corrected chi connectivity index (χ4v) is 4.02. The van der Waals surface area contributed by atoms with E-state index >= 15 is 0 Å². The molecule has 28 heavy (non-hydrogen) atoms. The van der Waals surface area contributed by atoms with Crippen LogP contribution in [0.25, 0.3) is 6.08 Å². The number of allylic oxidation sites excluding steroid dienone is 1. The van der Waals surface area contributed by atoms with Crippen molar-refractivity contribution in [1.29, 1.82) is 0 Å². The van der Waals surface area contributed by atoms with Gasteiger partial charge in [-0.25, -0.2) is 9.97 Å². The first-order valence-corrected chi connectivity index (χ1v) is 9.65. The molecule has 1 amide bonds. The summed E-state index contributed by atoms with van der Waals surface area (Å²) >= 11 is 0. The molecule has 0 N–H and O–H groups in total. The Labute approximate surface area is 164 Å². The van der Waals surface area contributed by atoms with Crippen LogP contribution >= 0.6 is 0 Å². The van der Waals surface area contributed by atoms with Crippen LogP contribution in [0.1, 0.15) is 39.9 Å². The molecule has 0 unspecified atom stereocenters. The van der Waals surface area contributed by atoms with Gasteiger partial charge < -0.3 is 14.4 Å². The average Bonchev–Trinajstić information content (AvgIpc) is 3.20. The zero-order chi connectivity index (χ0) is 19.8. The molecule has 1 saturated heterocycles. The van der Waals surface area contributed by atoms with E-state index in [2.05, 4.69) is 14.9 Å². The predicted molar refractivity (Wildman–Crippen MR) is 109 cm³/mol. The van der Waals surface area contributed by atoms with Crippen molar-refractivity contribution in [3.05, 3.63) is 57.3 Å². The largest absolute Gasteiger partial charge is 0.341 e. The molecule has 0 atom stereocenters. The number of anilines is 1. The molecule has 0 saturated carbocycles. The molecule has 0 radical (unpaired) electrons. The molecule has 7 nitrogen and oxygen atoms in total. The minimum absolute atomic E-state index is 0.0226. The summed E-state index contributed by atoms with van der Waals surface area (Å²) in [5.41, 5.74) is 3.13. The van der Waals surface area contributed by atoms with Gasteiger partial charge in [0.2, 0.25) is 5.95 Å². The average molecular weight is 379 g/mol. The first-order chi connectivity index (χ1) is 13.5. The molecule has 4 rings (SSSR count). The van der Waals surface area contributed by atoms with Crippen LogP contribution in [0.15, 0.2) is 29.5 Å². The Morgan fingerprint density at radius 3 is 2.57 bits per heavy atom. The molecule has 0 aromatic carbocycles. The SMILES string of the molecule is Cc1cnc(N2CCC(N(C)C(=O)c3cn(C)c(=O)c4c3C=CC4)CC2)nc1. The van der Waals surface area contributed by atoms with Crippen molar-refractivity contribution in [2.75, 3.05) is 25.0 Å². The third kappa shape index (κ3) is 3.21. The predicted octanol–water partition coefficient (Wildman–Crippen LogP) is 1.79. The Hall–Kier alpha value is -2.96. The van der Waals surface area contributed by atoms with Crippen molar-refractivity contribution in [3.8, 4) is 0 Å². The van der Waals surface area contributed by atoms with Gasteiger partial charge in [0.15, 0.2) is 0 Å². The van der Waals surface area contributed by atoms with Gasteiger partial charge in [-0.15, -0.1) is 0 Å². The molecule has 146 valence electrons. The highest BCUT2D eigenvalue weighted by Crippen LogP contribution is 2.24. The minimum atomic E-state index is -0.0246. The van der Waals surface area contributed by atoms with Gasteiger partial charge in [-0.2, -0.15) is 0 Å². The summed E-state index contributed by atoms with van der Waals surface area (Å²) in [5.74, 6) is 0.725. The van der Waals surface area contributed by atoms with Crippen LogP contribution in [0, 0.1) is 6.92 Å². The molecular formula is C21H25N5O2. The van der Waals surface area contributed by atoms with Gasteiger partial charge in [-0.3, -0.25) is 9.59 Å². The van der Waals surface area contributed by atoms with E-state index in [1.54, 1.807) is 13.2 Å². The van der Waals surface area contributed by atoms with Crippen LogP contribution in [-0.2, 0) is 13.5 Å². The topological polar surface area (TPSA) is 71.3 Å². The molecule has 2 aromatic rings. The summed E-state index contributed by atoms with van der Waals surface area (Å²) in [4.78, 5) is 38.3. The van der Waals surface area contributed by atoms with E-state index < -0.39 is 0 Å². The lowest BCUT2D eigenvalue weighted by Crippen LogP contribution is -2.46. The van der Waals surface area contributed by atoms with Gasteiger partial charge in [-0.1, -0.05) is 12.2 Å². The Balaban J connectivity index is 1.48. The number of hydrogen-bond acceptors (Lipinski definition) is 5. The van der Waals surface area contributed by atoms with Crippen LogP contribution in [0.4, 0.5) is 5.95 Å². The number of aryl methyl sites for hydroxylation is 2. The van der Waals surface area contributed by atoms with Crippen LogP contribution < -0.4 is 10.5 Å². The number of aromatic nitrogens is 3. The Bertz CT molecular complexity index is 985. The molecule has 3 heterocycles. The zero-order valence-electron chi connectivity index (χ0n) is 16.6. The number of nitrogens with zero attached hydrogens (tertiary/aromatic N) is 5. The van der Waals surface area contributed by atoms with Crippen molar-refractivity contribution in [1.82, 2.24) is 19.4 Å². The second-order valence-electron chi connectivity index (χ2n) is 7.65. The van der Waals surface area contributed by atoms with Crippen LogP contribution in [0.3, 0.4) is 0 Å². The Morgan fingerprint density at radius 2 is 1.89 bits per heavy atom. The van der Waals surface area contributed by atoms with Crippen LogP contribution in [-0.4, -0.2) is 51.5 Å². The van der Waals surface area contributed by atoms with E-state index in [4.69, 9.17) is 0 Å². The Morgan fingerprint density at radius 1 is 1.21 bits per heavy atom. The lowest BCUT2D eigenvalue weighted by Gasteiger charge is -2.37. The van der Waals surface area contributed by atoms with Gasteiger partial charge in [-0.05, 0) is 37.3 Å². The monoisotopic (exact) mass is 379 g/mol. The quantitative estimate of drug-likeness (QED) is 0.813. The third-order valence-electron chi connectivity index (χ3n) is 5.74. The molecule has 2 aliphatic rings. The summed E-state index contributed by atoms with van der Waals surface area (Å²) in [6, 6.07) is 0.160. The summed E-state index contributed by atoms with van der Waals surface area (Å²) in [5, 5.41) is 0. The number of carbonyl (C=O) groups excluding carboxylic acids is 1. The van der Waals surface area contributed by atoms with Gasteiger partial charge in [0, 0.05) is 57.4 Å². The fraction of sp³-hybridized carbons (Fsp3) is 0.429. The number of hydrogen-bond donors (Lipinski definition) is 0. The molecule has 1 aliphatic carbocycles. The van der Waals surface area contributed by atoms with Crippen molar-refractivity contribution in [3.63, 3.8) is 0 Å². The highest BCUT2D eigenvalue weighted by atomic mass is 16.2. The maximum absolute atomic E-state index is 13.2. The minimum Gasteiger partial charge on any atom is -0.341 e. The maximum atomic E-state index is 13.2. The molecule has 1 fully saturated rings. The summed E-state index contributed by atoms with van der Waals surface area (Å²) in [6.07, 6.45) is 11.5. The number of piperidine rings is 1. The molecular weight excluding hydrogens is 354 g/mol. The van der Waals surface area contributed by atoms with E-state index in [-0.39, 0.29) is 17.5 Å². The van der Waals surface area contributed by atoms with E-state index in [0.29, 0.717) is 17.5 Å². The second-order valence-corrected chi connectivity index (χ2v) is 7.65. The zero-order valence-corrected chi connectivity index (χ0v) is 16.6. The van der Waals surface area contributed by atoms with Gasteiger partial charge in [0.05, 0.1) is 5.56 Å². The number of rotatable bonds is 3. The second kappa shape index (κ2) is 7.22. The molecule has 2 aromatic heterocycles. The normalized spacial score (nSPS) is 16.3. The molecule has 0 bridgehead atoms. The van der Waals surface area contributed by atoms with E-state index in [1.807, 2.05) is 43.4 Å². The molecule has 1 aliphatic heterocycles. The summed E-state index contributed by atoms with van der Waals surface area (Å²) < 4.78 is 1.52. The van der Waals surface area contributed by atoms with E-state index in [1.165, 1.54) is 4.57 Å². The van der Waals surface area contributed by atoms with E-state index in [0.717, 1.165) is 43.0 Å². The summed E-state index contributed by atoms with van der Waals surface area (Å²) in [6.45, 7) is 3.61. The molecule has 0 spiro atoms. The van der Waals surface area contributed by atoms with Crippen molar-refractivity contribution in [2.24, 2.45) is 7.05 Å². The standard InChI is InChI=1S/C21H25N5O2/c1-14-11-22-21(23-12-14)26-9-7-15(8-10-26)25(3)20(28)18-13-24(2)19(27)17-6-4-5-16(17)18/h4-5,11-13,15H,6-10H2,1-3H3. The maximum Gasteiger partial charge on any atom is 0.255 e. The van der Waals surface area contributed by atoms with Crippen molar-refractivity contribution < 1.29 is 4.79 Å². The lowest BCUT2D eigenvalue weighted by molar-refractivity contribution is 0.0707. The van der Waals surface area contributed by atoms with Gasteiger partial charge >= 0.3 is 0 Å². The fourth-order valence-electron chi connectivity index (χ4n) is 4.02. The van der Waals surface area contributed by atoms with Gasteiger partial charge in [0.25, 0.3) is 11.5 Å². The summed E-state index contributed by atoms with van der Waals surface area (Å²) in [7, 11) is 3.57. The Kier molecular flexibility index (Phi) is 4.75. The highest BCUT2D eigenvalue weighted by Gasteiger charge is 2.29. The van der Waals surface area contributed by atoms with Crippen molar-refractivity contribution >= 4 is 17.9 Å². The third-order valence-corrected chi connectivity index (χ3v) is 5.74. The molecule has 7 heteroatoms. The first-order valence-electron chi connectivity index (χ1n) is 9.65. The van der Waals surface area contributed by atoms with Crippen LogP contribution in [0.5, 0.6) is 0 Å². The van der Waals surface area contributed by atoms with Gasteiger partial charge in [0.1, 0.15) is 0 Å². The number of fused-ring (bicyclic) bond motifs is 1. The first kappa shape index (κ1) is 18.4. The van der Waals surface area contributed by atoms with Crippen molar-refractivity contribution in [2.45, 2.75) is 32.2 Å².